The maximum atomic E-state index is 6.03. The van der Waals surface area contributed by atoms with Gasteiger partial charge in [-0.1, -0.05) is 29.3 Å². The zero-order chi connectivity index (χ0) is 16.2. The number of aromatic nitrogens is 2. The van der Waals surface area contributed by atoms with Gasteiger partial charge in [0, 0.05) is 25.5 Å². The molecule has 1 saturated heterocycles. The number of rotatable bonds is 4. The number of anilines is 1. The Morgan fingerprint density at radius 3 is 2.48 bits per heavy atom. The highest BCUT2D eigenvalue weighted by Gasteiger charge is 2.21. The van der Waals surface area contributed by atoms with Crippen molar-refractivity contribution in [1.82, 2.24) is 9.97 Å². The van der Waals surface area contributed by atoms with Gasteiger partial charge in [0.05, 0.1) is 22.8 Å². The molecule has 1 aromatic heterocycles. The highest BCUT2D eigenvalue weighted by molar-refractivity contribution is 6.42. The summed E-state index contributed by atoms with van der Waals surface area (Å²) in [5, 5.41) is 1.14. The van der Waals surface area contributed by atoms with Gasteiger partial charge >= 0.3 is 0 Å². The molecule has 0 atom stereocenters. The van der Waals surface area contributed by atoms with Gasteiger partial charge in [0.2, 0.25) is 5.95 Å². The van der Waals surface area contributed by atoms with E-state index in [1.165, 1.54) is 0 Å². The lowest BCUT2D eigenvalue weighted by molar-refractivity contribution is 0.0250. The Labute approximate surface area is 146 Å². The summed E-state index contributed by atoms with van der Waals surface area (Å²) in [6.45, 7) is 4.37. The van der Waals surface area contributed by atoms with E-state index in [1.807, 2.05) is 31.5 Å². The maximum Gasteiger partial charge on any atom is 0.225 e. The number of benzene rings is 1. The normalized spacial score (nSPS) is 15.9. The van der Waals surface area contributed by atoms with Crippen molar-refractivity contribution in [2.24, 2.45) is 0 Å². The molecule has 122 valence electrons. The third-order valence-corrected chi connectivity index (χ3v) is 4.70. The van der Waals surface area contributed by atoms with Crippen LogP contribution in [0.4, 0.5) is 5.95 Å². The summed E-state index contributed by atoms with van der Waals surface area (Å²) >= 11 is 11.9. The number of ether oxygens (including phenoxy) is 1. The summed E-state index contributed by atoms with van der Waals surface area (Å²) in [7, 11) is 0. The molecule has 1 fully saturated rings. The lowest BCUT2D eigenvalue weighted by Crippen LogP contribution is -2.37. The molecule has 0 radical (unpaired) electrons. The predicted molar refractivity (Wildman–Crippen MR) is 93.3 cm³/mol. The summed E-state index contributed by atoms with van der Waals surface area (Å²) < 4.78 is 6.00. The van der Waals surface area contributed by atoms with Gasteiger partial charge in [0.1, 0.15) is 0 Å². The third kappa shape index (κ3) is 4.34. The average Bonchev–Trinajstić information content (AvgIpc) is 2.57. The Morgan fingerprint density at radius 1 is 1.13 bits per heavy atom. The van der Waals surface area contributed by atoms with Crippen LogP contribution in [0.3, 0.4) is 0 Å². The van der Waals surface area contributed by atoms with Crippen LogP contribution in [0.5, 0.6) is 0 Å². The van der Waals surface area contributed by atoms with Crippen molar-refractivity contribution in [2.75, 3.05) is 18.0 Å². The van der Waals surface area contributed by atoms with Crippen molar-refractivity contribution in [2.45, 2.75) is 32.5 Å². The molecule has 23 heavy (non-hydrogen) atoms. The van der Waals surface area contributed by atoms with Gasteiger partial charge in [-0.05, 0) is 43.0 Å². The van der Waals surface area contributed by atoms with Crippen molar-refractivity contribution in [3.8, 4) is 0 Å². The van der Waals surface area contributed by atoms with E-state index < -0.39 is 0 Å². The van der Waals surface area contributed by atoms with Gasteiger partial charge in [0.15, 0.2) is 0 Å². The van der Waals surface area contributed by atoms with E-state index in [1.54, 1.807) is 6.07 Å². The number of hydrogen-bond donors (Lipinski definition) is 0. The van der Waals surface area contributed by atoms with Gasteiger partial charge in [-0.3, -0.25) is 0 Å². The number of aryl methyl sites for hydroxylation is 1. The van der Waals surface area contributed by atoms with E-state index in [9.17, 15) is 0 Å². The fraction of sp³-hybridized carbons (Fsp3) is 0.412. The zero-order valence-corrected chi connectivity index (χ0v) is 14.5. The fourth-order valence-electron chi connectivity index (χ4n) is 2.62. The van der Waals surface area contributed by atoms with Crippen LogP contribution in [0.15, 0.2) is 30.6 Å². The smallest absolute Gasteiger partial charge is 0.225 e. The molecule has 2 aromatic rings. The van der Waals surface area contributed by atoms with Crippen LogP contribution in [-0.2, 0) is 11.3 Å². The average molecular weight is 352 g/mol. The van der Waals surface area contributed by atoms with Crippen LogP contribution >= 0.6 is 23.2 Å². The second-order valence-electron chi connectivity index (χ2n) is 5.81. The number of halogens is 2. The van der Waals surface area contributed by atoms with Crippen LogP contribution in [-0.4, -0.2) is 29.2 Å². The first-order valence-electron chi connectivity index (χ1n) is 7.71. The summed E-state index contributed by atoms with van der Waals surface area (Å²) in [4.78, 5) is 11.0. The Kier molecular flexibility index (Phi) is 5.36. The predicted octanol–water partition coefficient (Wildman–Crippen LogP) is 4.28. The molecule has 0 aliphatic carbocycles. The number of nitrogens with zero attached hydrogens (tertiary/aromatic N) is 3. The molecule has 0 amide bonds. The topological polar surface area (TPSA) is 38.2 Å². The van der Waals surface area contributed by atoms with Crippen molar-refractivity contribution in [3.05, 3.63) is 51.8 Å². The second-order valence-corrected chi connectivity index (χ2v) is 6.62. The highest BCUT2D eigenvalue weighted by atomic mass is 35.5. The molecule has 0 saturated carbocycles. The van der Waals surface area contributed by atoms with Gasteiger partial charge < -0.3 is 9.64 Å². The van der Waals surface area contributed by atoms with E-state index in [-0.39, 0.29) is 6.10 Å². The summed E-state index contributed by atoms with van der Waals surface area (Å²) in [6, 6.07) is 5.61. The highest BCUT2D eigenvalue weighted by Crippen LogP contribution is 2.24. The van der Waals surface area contributed by atoms with E-state index in [2.05, 4.69) is 14.9 Å². The molecular formula is C17H19Cl2N3O. The summed E-state index contributed by atoms with van der Waals surface area (Å²) in [6.07, 6.45) is 5.91. The first-order valence-corrected chi connectivity index (χ1v) is 8.46. The van der Waals surface area contributed by atoms with Crippen LogP contribution < -0.4 is 4.90 Å². The SMILES string of the molecule is Cc1cnc(N2CCC(OCc3ccc(Cl)c(Cl)c3)CC2)nc1. The largest absolute Gasteiger partial charge is 0.373 e. The minimum atomic E-state index is 0.256. The Hall–Kier alpha value is -1.36. The monoisotopic (exact) mass is 351 g/mol. The standard InChI is InChI=1S/C17H19Cl2N3O/c1-12-9-20-17(21-10-12)22-6-4-14(5-7-22)23-11-13-2-3-15(18)16(19)8-13/h2-3,8-10,14H,4-7,11H2,1H3. The Balaban J connectivity index is 1.49. The first-order chi connectivity index (χ1) is 11.1. The van der Waals surface area contributed by atoms with Crippen molar-refractivity contribution >= 4 is 29.2 Å². The van der Waals surface area contributed by atoms with Crippen molar-refractivity contribution in [1.29, 1.82) is 0 Å². The lowest BCUT2D eigenvalue weighted by Gasteiger charge is -2.31. The molecule has 1 aliphatic rings. The Morgan fingerprint density at radius 2 is 1.83 bits per heavy atom. The molecule has 3 rings (SSSR count). The molecular weight excluding hydrogens is 333 g/mol. The lowest BCUT2D eigenvalue weighted by atomic mass is 10.1. The zero-order valence-electron chi connectivity index (χ0n) is 13.0. The van der Waals surface area contributed by atoms with Crippen LogP contribution in [0.25, 0.3) is 0 Å². The van der Waals surface area contributed by atoms with Crippen LogP contribution in [0, 0.1) is 6.92 Å². The van der Waals surface area contributed by atoms with Crippen LogP contribution in [0.2, 0.25) is 10.0 Å². The van der Waals surface area contributed by atoms with E-state index >= 15 is 0 Å². The minimum absolute atomic E-state index is 0.256. The maximum absolute atomic E-state index is 6.03. The molecule has 1 aromatic carbocycles. The minimum Gasteiger partial charge on any atom is -0.373 e. The van der Waals surface area contributed by atoms with Crippen LogP contribution in [0.1, 0.15) is 24.0 Å². The molecule has 0 N–H and O–H groups in total. The first kappa shape index (κ1) is 16.5. The molecule has 6 heteroatoms. The molecule has 0 bridgehead atoms. The number of piperidine rings is 1. The van der Waals surface area contributed by atoms with Crippen molar-refractivity contribution < 1.29 is 4.74 Å². The Bertz CT molecular complexity index is 655. The second kappa shape index (κ2) is 7.47. The summed E-state index contributed by atoms with van der Waals surface area (Å²) in [5.74, 6) is 0.804. The molecule has 1 aliphatic heterocycles. The van der Waals surface area contributed by atoms with Gasteiger partial charge in [-0.15, -0.1) is 0 Å². The van der Waals surface area contributed by atoms with Gasteiger partial charge in [-0.2, -0.15) is 0 Å². The third-order valence-electron chi connectivity index (χ3n) is 3.96. The molecule has 2 heterocycles. The molecule has 0 spiro atoms. The van der Waals surface area contributed by atoms with Gasteiger partial charge in [-0.25, -0.2) is 9.97 Å². The van der Waals surface area contributed by atoms with E-state index in [4.69, 9.17) is 27.9 Å². The summed E-state index contributed by atoms with van der Waals surface area (Å²) in [5.41, 5.74) is 2.12. The van der Waals surface area contributed by atoms with Crippen molar-refractivity contribution in [3.63, 3.8) is 0 Å². The quantitative estimate of drug-likeness (QED) is 0.823. The van der Waals surface area contributed by atoms with E-state index in [0.29, 0.717) is 16.7 Å². The van der Waals surface area contributed by atoms with E-state index in [0.717, 1.165) is 43.0 Å². The molecule has 0 unspecified atom stereocenters. The fourth-order valence-corrected chi connectivity index (χ4v) is 2.94. The molecule has 4 nitrogen and oxygen atoms in total. The van der Waals surface area contributed by atoms with Gasteiger partial charge in [0.25, 0.3) is 0 Å². The number of hydrogen-bond acceptors (Lipinski definition) is 4.